The molecule has 3 heterocycles. The molecule has 1 aromatic carbocycles. The maximum absolute atomic E-state index is 13.8. The number of aromatic nitrogens is 4. The van der Waals surface area contributed by atoms with Gasteiger partial charge >= 0.3 is 0 Å². The Bertz CT molecular complexity index is 1300. The summed E-state index contributed by atoms with van der Waals surface area (Å²) in [5.41, 5.74) is 4.32. The highest BCUT2D eigenvalue weighted by Crippen LogP contribution is 2.35. The monoisotopic (exact) mass is 438 g/mol. The van der Waals surface area contributed by atoms with Crippen LogP contribution in [-0.2, 0) is 18.6 Å². The summed E-state index contributed by atoms with van der Waals surface area (Å²) in [6.07, 6.45) is 4.33. The lowest BCUT2D eigenvalue weighted by atomic mass is 9.97. The van der Waals surface area contributed by atoms with E-state index in [1.165, 1.54) is 28.6 Å². The van der Waals surface area contributed by atoms with E-state index >= 15 is 0 Å². The van der Waals surface area contributed by atoms with Crippen molar-refractivity contribution < 1.29 is 4.42 Å². The molecule has 0 unspecified atom stereocenters. The van der Waals surface area contributed by atoms with Gasteiger partial charge in [0.15, 0.2) is 5.16 Å². The van der Waals surface area contributed by atoms with Crippen LogP contribution < -0.4 is 5.56 Å². The van der Waals surface area contributed by atoms with Crippen molar-refractivity contribution in [2.75, 3.05) is 0 Å². The largest absolute Gasteiger partial charge is 0.425 e. The molecular formula is C22H22N4O2S2. The van der Waals surface area contributed by atoms with Gasteiger partial charge in [-0.3, -0.25) is 9.36 Å². The number of thiophene rings is 1. The fourth-order valence-corrected chi connectivity index (χ4v) is 6.26. The molecule has 30 heavy (non-hydrogen) atoms. The molecule has 154 valence electrons. The predicted octanol–water partition coefficient (Wildman–Crippen LogP) is 4.93. The van der Waals surface area contributed by atoms with Crippen LogP contribution in [0.1, 0.15) is 46.2 Å². The normalized spacial score (nSPS) is 13.7. The van der Waals surface area contributed by atoms with Crippen molar-refractivity contribution >= 4 is 33.3 Å². The first-order valence-electron chi connectivity index (χ1n) is 10.1. The highest BCUT2D eigenvalue weighted by atomic mass is 32.2. The Kier molecular flexibility index (Phi) is 4.99. The van der Waals surface area contributed by atoms with Gasteiger partial charge in [-0.15, -0.1) is 21.5 Å². The molecule has 1 aliphatic rings. The lowest BCUT2D eigenvalue weighted by molar-refractivity contribution is 0.485. The fourth-order valence-electron chi connectivity index (χ4n) is 4.11. The van der Waals surface area contributed by atoms with Crippen LogP contribution in [0.25, 0.3) is 15.9 Å². The van der Waals surface area contributed by atoms with Crippen molar-refractivity contribution in [1.29, 1.82) is 0 Å². The van der Waals surface area contributed by atoms with Crippen molar-refractivity contribution in [3.63, 3.8) is 0 Å². The molecule has 0 atom stereocenters. The van der Waals surface area contributed by atoms with Crippen LogP contribution in [0.15, 0.2) is 32.6 Å². The van der Waals surface area contributed by atoms with Crippen LogP contribution >= 0.6 is 23.1 Å². The Morgan fingerprint density at radius 2 is 1.87 bits per heavy atom. The average molecular weight is 439 g/mol. The van der Waals surface area contributed by atoms with Crippen LogP contribution in [0.5, 0.6) is 0 Å². The van der Waals surface area contributed by atoms with E-state index in [-0.39, 0.29) is 5.56 Å². The van der Waals surface area contributed by atoms with Crippen molar-refractivity contribution in [2.45, 2.75) is 57.4 Å². The van der Waals surface area contributed by atoms with Gasteiger partial charge in [0, 0.05) is 11.8 Å². The molecule has 8 heteroatoms. The second-order valence-corrected chi connectivity index (χ2v) is 9.80. The van der Waals surface area contributed by atoms with Gasteiger partial charge in [-0.2, -0.15) is 0 Å². The third-order valence-corrected chi connectivity index (χ3v) is 7.42. The quantitative estimate of drug-likeness (QED) is 0.332. The number of benzene rings is 1. The number of nitrogens with zero attached hydrogens (tertiary/aromatic N) is 4. The number of thioether (sulfide) groups is 1. The molecule has 0 spiro atoms. The first-order valence-corrected chi connectivity index (χ1v) is 11.9. The Morgan fingerprint density at radius 3 is 2.60 bits per heavy atom. The van der Waals surface area contributed by atoms with Gasteiger partial charge in [-0.05, 0) is 68.4 Å². The van der Waals surface area contributed by atoms with Gasteiger partial charge in [0.05, 0.1) is 16.8 Å². The number of rotatable bonds is 4. The van der Waals surface area contributed by atoms with E-state index in [0.717, 1.165) is 46.3 Å². The minimum atomic E-state index is 0.0219. The van der Waals surface area contributed by atoms with E-state index in [4.69, 9.17) is 9.40 Å². The molecule has 4 aromatic rings. The average Bonchev–Trinajstić information content (AvgIpc) is 3.28. The molecule has 0 fully saturated rings. The van der Waals surface area contributed by atoms with Gasteiger partial charge in [-0.25, -0.2) is 4.98 Å². The van der Waals surface area contributed by atoms with Gasteiger partial charge in [0.1, 0.15) is 4.83 Å². The third kappa shape index (κ3) is 3.48. The molecule has 1 aliphatic carbocycles. The van der Waals surface area contributed by atoms with Crippen LogP contribution in [0.2, 0.25) is 0 Å². The predicted molar refractivity (Wildman–Crippen MR) is 120 cm³/mol. The zero-order valence-electron chi connectivity index (χ0n) is 17.2. The highest BCUT2D eigenvalue weighted by molar-refractivity contribution is 7.98. The van der Waals surface area contributed by atoms with E-state index in [2.05, 4.69) is 16.3 Å². The summed E-state index contributed by atoms with van der Waals surface area (Å²) in [4.78, 5) is 20.9. The molecule has 6 nitrogen and oxygen atoms in total. The molecule has 0 N–H and O–H groups in total. The third-order valence-electron chi connectivity index (χ3n) is 5.32. The van der Waals surface area contributed by atoms with Crippen LogP contribution in [0, 0.1) is 20.8 Å². The fraction of sp³-hybridized carbons (Fsp3) is 0.364. The second-order valence-electron chi connectivity index (χ2n) is 7.78. The number of aryl methyl sites for hydroxylation is 5. The van der Waals surface area contributed by atoms with E-state index in [9.17, 15) is 4.79 Å². The summed E-state index contributed by atoms with van der Waals surface area (Å²) < 4.78 is 7.28. The molecule has 0 aliphatic heterocycles. The summed E-state index contributed by atoms with van der Waals surface area (Å²) in [6, 6.07) is 6.20. The van der Waals surface area contributed by atoms with Gasteiger partial charge < -0.3 is 4.42 Å². The molecule has 0 bridgehead atoms. The first kappa shape index (κ1) is 19.5. The molecule has 0 amide bonds. The lowest BCUT2D eigenvalue weighted by Crippen LogP contribution is -2.22. The maximum atomic E-state index is 13.8. The Hall–Kier alpha value is -2.45. The molecule has 5 rings (SSSR count). The lowest BCUT2D eigenvalue weighted by Gasteiger charge is -2.14. The Labute approximate surface area is 182 Å². The SMILES string of the molecule is Cc1cc(C)cc(-n2c(SCc3nnc(C)o3)nc3sc4c(c3c2=O)CCCC4)c1. The van der Waals surface area contributed by atoms with Crippen molar-refractivity contribution in [1.82, 2.24) is 19.7 Å². The molecule has 0 radical (unpaired) electrons. The molecule has 0 saturated carbocycles. The topological polar surface area (TPSA) is 73.8 Å². The van der Waals surface area contributed by atoms with E-state index < -0.39 is 0 Å². The van der Waals surface area contributed by atoms with Crippen molar-refractivity contribution in [2.24, 2.45) is 0 Å². The zero-order chi connectivity index (χ0) is 20.8. The molecular weight excluding hydrogens is 416 g/mol. The standard InChI is InChI=1S/C22H22N4O2S2/c1-12-8-13(2)10-15(9-12)26-21(27)19-16-6-4-5-7-17(16)30-20(19)23-22(26)29-11-18-25-24-14(3)28-18/h8-10H,4-7,11H2,1-3H3. The van der Waals surface area contributed by atoms with Crippen molar-refractivity contribution in [3.8, 4) is 5.69 Å². The summed E-state index contributed by atoms with van der Waals surface area (Å²) >= 11 is 3.13. The van der Waals surface area contributed by atoms with E-state index in [1.54, 1.807) is 22.8 Å². The smallest absolute Gasteiger partial charge is 0.267 e. The van der Waals surface area contributed by atoms with Gasteiger partial charge in [0.25, 0.3) is 5.56 Å². The summed E-state index contributed by atoms with van der Waals surface area (Å²) in [5.74, 6) is 1.53. The summed E-state index contributed by atoms with van der Waals surface area (Å²) in [5, 5.41) is 9.43. The van der Waals surface area contributed by atoms with E-state index in [1.807, 2.05) is 26.0 Å². The first-order chi connectivity index (χ1) is 14.5. The van der Waals surface area contributed by atoms with Gasteiger partial charge in [0.2, 0.25) is 11.8 Å². The minimum Gasteiger partial charge on any atom is -0.425 e. The van der Waals surface area contributed by atoms with E-state index in [0.29, 0.717) is 22.7 Å². The Morgan fingerprint density at radius 1 is 1.10 bits per heavy atom. The van der Waals surface area contributed by atoms with Crippen LogP contribution in [0.3, 0.4) is 0 Å². The van der Waals surface area contributed by atoms with Crippen LogP contribution in [0.4, 0.5) is 0 Å². The minimum absolute atomic E-state index is 0.0219. The number of hydrogen-bond acceptors (Lipinski definition) is 7. The molecule has 3 aromatic heterocycles. The second kappa shape index (κ2) is 7.67. The number of hydrogen-bond donors (Lipinski definition) is 0. The highest BCUT2D eigenvalue weighted by Gasteiger charge is 2.23. The van der Waals surface area contributed by atoms with Gasteiger partial charge in [-0.1, -0.05) is 17.8 Å². The summed E-state index contributed by atoms with van der Waals surface area (Å²) in [6.45, 7) is 5.87. The maximum Gasteiger partial charge on any atom is 0.267 e. The zero-order valence-corrected chi connectivity index (χ0v) is 18.8. The van der Waals surface area contributed by atoms with Crippen LogP contribution in [-0.4, -0.2) is 19.7 Å². The Balaban J connectivity index is 1.70. The van der Waals surface area contributed by atoms with Crippen molar-refractivity contribution in [3.05, 3.63) is 61.9 Å². The number of fused-ring (bicyclic) bond motifs is 3. The molecule has 0 saturated heterocycles. The summed E-state index contributed by atoms with van der Waals surface area (Å²) in [7, 11) is 0.